The van der Waals surface area contributed by atoms with Gasteiger partial charge in [-0.25, -0.2) is 0 Å². The summed E-state index contributed by atoms with van der Waals surface area (Å²) < 4.78 is 0. The molecule has 2 fully saturated rings. The molecule has 2 atom stereocenters. The van der Waals surface area contributed by atoms with Gasteiger partial charge in [-0.1, -0.05) is 51.0 Å². The van der Waals surface area contributed by atoms with Gasteiger partial charge in [0.05, 0.1) is 5.92 Å². The topological polar surface area (TPSA) is 57.6 Å². The van der Waals surface area contributed by atoms with Crippen molar-refractivity contribution in [1.29, 1.82) is 0 Å². The van der Waals surface area contributed by atoms with Gasteiger partial charge in [-0.15, -0.1) is 0 Å². The van der Waals surface area contributed by atoms with Gasteiger partial charge in [0.15, 0.2) is 0 Å². The number of hydrogen-bond acceptors (Lipinski definition) is 2. The van der Waals surface area contributed by atoms with E-state index in [0.29, 0.717) is 12.8 Å². The Morgan fingerprint density at radius 2 is 1.88 bits per heavy atom. The highest BCUT2D eigenvalue weighted by molar-refractivity contribution is 5.92. The number of nitrogens with zero attached hydrogens (tertiary/aromatic N) is 1. The first-order chi connectivity index (χ1) is 11.5. The molecule has 1 aliphatic heterocycles. The summed E-state index contributed by atoms with van der Waals surface area (Å²) in [6.07, 6.45) is 4.05. The third-order valence-corrected chi connectivity index (χ3v) is 5.82. The lowest BCUT2D eigenvalue weighted by Crippen LogP contribution is -2.55. The van der Waals surface area contributed by atoms with Crippen LogP contribution in [0.5, 0.6) is 0 Å². The SMILES string of the molecule is CC(C)c1ccccc1C1(C(=O)O)CCCCC1C(=O)N1CCC1. The number of likely N-dealkylation sites (tertiary alicyclic amines) is 1. The van der Waals surface area contributed by atoms with Gasteiger partial charge in [-0.2, -0.15) is 0 Å². The fourth-order valence-corrected chi connectivity index (χ4v) is 4.36. The maximum absolute atomic E-state index is 13.0. The number of carbonyl (C=O) groups is 2. The lowest BCUT2D eigenvalue weighted by atomic mass is 9.60. The monoisotopic (exact) mass is 329 g/mol. The van der Waals surface area contributed by atoms with Crippen LogP contribution in [-0.4, -0.2) is 35.0 Å². The van der Waals surface area contributed by atoms with E-state index >= 15 is 0 Å². The zero-order valence-corrected chi connectivity index (χ0v) is 14.6. The summed E-state index contributed by atoms with van der Waals surface area (Å²) >= 11 is 0. The van der Waals surface area contributed by atoms with Crippen molar-refractivity contribution in [3.63, 3.8) is 0 Å². The summed E-state index contributed by atoms with van der Waals surface area (Å²) in [6.45, 7) is 5.72. The molecule has 1 aromatic carbocycles. The summed E-state index contributed by atoms with van der Waals surface area (Å²) in [7, 11) is 0. The number of benzene rings is 1. The standard InChI is InChI=1S/C20H27NO3/c1-14(2)15-8-3-4-9-16(15)20(19(23)24)11-6-5-10-17(20)18(22)21-12-7-13-21/h3-4,8-9,14,17H,5-7,10-13H2,1-2H3,(H,23,24). The van der Waals surface area contributed by atoms with Crippen LogP contribution in [0.1, 0.15) is 63.0 Å². The second kappa shape index (κ2) is 6.58. The maximum Gasteiger partial charge on any atom is 0.314 e. The van der Waals surface area contributed by atoms with Crippen molar-refractivity contribution in [2.24, 2.45) is 5.92 Å². The van der Waals surface area contributed by atoms with Gasteiger partial charge in [-0.05, 0) is 36.3 Å². The minimum atomic E-state index is -1.08. The van der Waals surface area contributed by atoms with E-state index in [4.69, 9.17) is 0 Å². The highest BCUT2D eigenvalue weighted by Gasteiger charge is 2.53. The minimum absolute atomic E-state index is 0.0434. The van der Waals surface area contributed by atoms with Gasteiger partial charge in [0.25, 0.3) is 0 Å². The molecule has 1 N–H and O–H groups in total. The maximum atomic E-state index is 13.0. The van der Waals surface area contributed by atoms with Crippen LogP contribution in [0, 0.1) is 5.92 Å². The van der Waals surface area contributed by atoms with Crippen molar-refractivity contribution in [2.75, 3.05) is 13.1 Å². The second-order valence-corrected chi connectivity index (χ2v) is 7.50. The average molecular weight is 329 g/mol. The number of hydrogen-bond donors (Lipinski definition) is 1. The molecule has 1 aromatic rings. The number of amides is 1. The van der Waals surface area contributed by atoms with Crippen LogP contribution in [0.15, 0.2) is 24.3 Å². The summed E-state index contributed by atoms with van der Waals surface area (Å²) in [5.41, 5.74) is 0.834. The molecule has 4 nitrogen and oxygen atoms in total. The van der Waals surface area contributed by atoms with Crippen LogP contribution in [0.25, 0.3) is 0 Å². The molecule has 1 saturated carbocycles. The summed E-state index contributed by atoms with van der Waals surface area (Å²) in [6, 6.07) is 7.82. The molecule has 2 unspecified atom stereocenters. The largest absolute Gasteiger partial charge is 0.481 e. The van der Waals surface area contributed by atoms with E-state index in [-0.39, 0.29) is 11.8 Å². The van der Waals surface area contributed by atoms with Crippen molar-refractivity contribution in [3.05, 3.63) is 35.4 Å². The van der Waals surface area contributed by atoms with Crippen LogP contribution in [0.2, 0.25) is 0 Å². The zero-order chi connectivity index (χ0) is 17.3. The normalized spacial score (nSPS) is 27.0. The second-order valence-electron chi connectivity index (χ2n) is 7.50. The molecule has 0 bridgehead atoms. The van der Waals surface area contributed by atoms with Gasteiger partial charge >= 0.3 is 5.97 Å². The Hall–Kier alpha value is -1.84. The molecule has 1 amide bonds. The quantitative estimate of drug-likeness (QED) is 0.919. The number of carbonyl (C=O) groups excluding carboxylic acids is 1. The van der Waals surface area contributed by atoms with Crippen LogP contribution in [-0.2, 0) is 15.0 Å². The Morgan fingerprint density at radius 1 is 1.17 bits per heavy atom. The molecule has 3 rings (SSSR count). The van der Waals surface area contributed by atoms with Crippen LogP contribution < -0.4 is 0 Å². The number of rotatable bonds is 4. The fourth-order valence-electron chi connectivity index (χ4n) is 4.36. The average Bonchev–Trinajstić information content (AvgIpc) is 2.52. The highest BCUT2D eigenvalue weighted by atomic mass is 16.4. The lowest BCUT2D eigenvalue weighted by Gasteiger charge is -2.45. The molecular formula is C20H27NO3. The summed E-state index contributed by atoms with van der Waals surface area (Å²) in [4.78, 5) is 27.4. The van der Waals surface area contributed by atoms with Crippen molar-refractivity contribution >= 4 is 11.9 Å². The first-order valence-electron chi connectivity index (χ1n) is 9.10. The number of carboxylic acids is 1. The van der Waals surface area contributed by atoms with Crippen LogP contribution >= 0.6 is 0 Å². The predicted octanol–water partition coefficient (Wildman–Crippen LogP) is 3.55. The van der Waals surface area contributed by atoms with Crippen LogP contribution in [0.3, 0.4) is 0 Å². The molecule has 0 aromatic heterocycles. The van der Waals surface area contributed by atoms with Gasteiger partial charge in [0, 0.05) is 13.1 Å². The van der Waals surface area contributed by atoms with Crippen molar-refractivity contribution in [3.8, 4) is 0 Å². The molecule has 1 saturated heterocycles. The van der Waals surface area contributed by atoms with Gasteiger partial charge in [-0.3, -0.25) is 9.59 Å². The van der Waals surface area contributed by atoms with E-state index in [1.807, 2.05) is 29.2 Å². The first-order valence-corrected chi connectivity index (χ1v) is 9.10. The zero-order valence-electron chi connectivity index (χ0n) is 14.6. The fraction of sp³-hybridized carbons (Fsp3) is 0.600. The predicted molar refractivity (Wildman–Crippen MR) is 93.0 cm³/mol. The Balaban J connectivity index is 2.11. The molecule has 1 heterocycles. The Morgan fingerprint density at radius 3 is 2.46 bits per heavy atom. The first kappa shape index (κ1) is 17.0. The smallest absolute Gasteiger partial charge is 0.314 e. The molecular weight excluding hydrogens is 302 g/mol. The minimum Gasteiger partial charge on any atom is -0.481 e. The highest BCUT2D eigenvalue weighted by Crippen LogP contribution is 2.47. The molecule has 0 spiro atoms. The Labute approximate surface area is 143 Å². The van der Waals surface area contributed by atoms with E-state index in [2.05, 4.69) is 13.8 Å². The third-order valence-electron chi connectivity index (χ3n) is 5.82. The van der Waals surface area contributed by atoms with Crippen molar-refractivity contribution in [1.82, 2.24) is 4.90 Å². The summed E-state index contributed by atoms with van der Waals surface area (Å²) in [5.74, 6) is -1.00. The van der Waals surface area contributed by atoms with Crippen LogP contribution in [0.4, 0.5) is 0 Å². The van der Waals surface area contributed by atoms with Crippen molar-refractivity contribution < 1.29 is 14.7 Å². The van der Waals surface area contributed by atoms with E-state index < -0.39 is 17.3 Å². The lowest BCUT2D eigenvalue weighted by molar-refractivity contribution is -0.157. The van der Waals surface area contributed by atoms with Crippen molar-refractivity contribution in [2.45, 2.75) is 57.3 Å². The van der Waals surface area contributed by atoms with E-state index in [1.54, 1.807) is 0 Å². The molecule has 0 radical (unpaired) electrons. The van der Waals surface area contributed by atoms with E-state index in [1.165, 1.54) is 0 Å². The molecule has 2 aliphatic rings. The van der Waals surface area contributed by atoms with E-state index in [9.17, 15) is 14.7 Å². The third kappa shape index (κ3) is 2.62. The van der Waals surface area contributed by atoms with Gasteiger partial charge in [0.2, 0.25) is 5.91 Å². The van der Waals surface area contributed by atoms with Gasteiger partial charge in [0.1, 0.15) is 5.41 Å². The molecule has 130 valence electrons. The number of aliphatic carboxylic acids is 1. The molecule has 4 heteroatoms. The molecule has 24 heavy (non-hydrogen) atoms. The Bertz CT molecular complexity index is 636. The van der Waals surface area contributed by atoms with E-state index in [0.717, 1.165) is 43.5 Å². The molecule has 1 aliphatic carbocycles. The Kier molecular flexibility index (Phi) is 4.66. The summed E-state index contributed by atoms with van der Waals surface area (Å²) in [5, 5.41) is 10.3. The number of carboxylic acid groups (broad SMARTS) is 1. The van der Waals surface area contributed by atoms with Gasteiger partial charge < -0.3 is 10.0 Å².